The van der Waals surface area contributed by atoms with Gasteiger partial charge in [-0.3, -0.25) is 4.79 Å². The Balaban J connectivity index is 2.37. The lowest BCUT2D eigenvalue weighted by Crippen LogP contribution is -2.50. The van der Waals surface area contributed by atoms with Gasteiger partial charge in [-0.25, -0.2) is 12.7 Å². The molecule has 1 amide bonds. The number of sulfonamides is 1. The molecule has 0 radical (unpaired) electrons. The Kier molecular flexibility index (Phi) is 6.87. The summed E-state index contributed by atoms with van der Waals surface area (Å²) in [5.74, 6) is -0.0785. The number of carbonyl (C=O) groups is 1. The highest BCUT2D eigenvalue weighted by Gasteiger charge is 2.28. The summed E-state index contributed by atoms with van der Waals surface area (Å²) in [6, 6.07) is -0.577. The summed E-state index contributed by atoms with van der Waals surface area (Å²) in [6.07, 6.45) is 1.73. The van der Waals surface area contributed by atoms with Crippen LogP contribution in [-0.4, -0.2) is 63.3 Å². The predicted molar refractivity (Wildman–Crippen MR) is 76.7 cm³/mol. The molecule has 1 heterocycles. The largest absolute Gasteiger partial charge is 0.385 e. The molecule has 0 saturated carbocycles. The lowest BCUT2D eigenvalue weighted by atomic mass is 10.1. The smallest absolute Gasteiger partial charge is 0.237 e. The van der Waals surface area contributed by atoms with Gasteiger partial charge in [0.25, 0.3) is 0 Å². The van der Waals surface area contributed by atoms with E-state index in [4.69, 9.17) is 10.5 Å². The van der Waals surface area contributed by atoms with Crippen molar-refractivity contribution >= 4 is 15.9 Å². The second-order valence-electron chi connectivity index (χ2n) is 4.97. The van der Waals surface area contributed by atoms with Crippen LogP contribution in [0.3, 0.4) is 0 Å². The Morgan fingerprint density at radius 1 is 1.45 bits per heavy atom. The van der Waals surface area contributed by atoms with E-state index in [1.54, 1.807) is 14.0 Å². The molecule has 7 nitrogen and oxygen atoms in total. The van der Waals surface area contributed by atoms with E-state index in [1.165, 1.54) is 4.31 Å². The summed E-state index contributed by atoms with van der Waals surface area (Å²) >= 11 is 0. The fourth-order valence-electron chi connectivity index (χ4n) is 2.15. The summed E-state index contributed by atoms with van der Waals surface area (Å²) in [4.78, 5) is 11.8. The first-order valence-corrected chi connectivity index (χ1v) is 8.54. The molecular weight excluding hydrogens is 282 g/mol. The maximum atomic E-state index is 11.8. The molecular formula is C12H25N3O4S. The van der Waals surface area contributed by atoms with Crippen LogP contribution in [0, 0.1) is 0 Å². The number of hydrogen-bond donors (Lipinski definition) is 2. The number of nitrogens with two attached hydrogens (primary N) is 1. The molecule has 1 aliphatic rings. The topological polar surface area (TPSA) is 102 Å². The van der Waals surface area contributed by atoms with Crippen LogP contribution >= 0.6 is 0 Å². The lowest BCUT2D eigenvalue weighted by molar-refractivity contribution is -0.123. The van der Waals surface area contributed by atoms with E-state index in [0.717, 1.165) is 0 Å². The van der Waals surface area contributed by atoms with E-state index in [0.29, 0.717) is 39.0 Å². The Bertz CT molecular complexity index is 405. The fraction of sp³-hybridized carbons (Fsp3) is 0.917. The summed E-state index contributed by atoms with van der Waals surface area (Å²) in [5, 5.41) is 2.88. The van der Waals surface area contributed by atoms with E-state index >= 15 is 0 Å². The molecule has 0 aromatic heterocycles. The van der Waals surface area contributed by atoms with Gasteiger partial charge >= 0.3 is 0 Å². The monoisotopic (exact) mass is 307 g/mol. The van der Waals surface area contributed by atoms with Crippen molar-refractivity contribution in [1.82, 2.24) is 9.62 Å². The molecule has 3 N–H and O–H groups in total. The molecule has 0 spiro atoms. The number of ether oxygens (including phenoxy) is 1. The van der Waals surface area contributed by atoms with Gasteiger partial charge in [0.2, 0.25) is 15.9 Å². The SMILES string of the molecule is CCS(=O)(=O)N1CCC(NC(=O)C(N)CCOC)CC1. The Hall–Kier alpha value is -0.700. The number of nitrogens with one attached hydrogen (secondary N) is 1. The first-order valence-electron chi connectivity index (χ1n) is 6.93. The van der Waals surface area contributed by atoms with Gasteiger partial charge in [-0.2, -0.15) is 0 Å². The first-order chi connectivity index (χ1) is 9.40. The zero-order valence-electron chi connectivity index (χ0n) is 12.2. The molecule has 20 heavy (non-hydrogen) atoms. The second kappa shape index (κ2) is 7.92. The van der Waals surface area contributed by atoms with Crippen molar-refractivity contribution in [3.8, 4) is 0 Å². The molecule has 1 fully saturated rings. The van der Waals surface area contributed by atoms with Crippen molar-refractivity contribution in [2.75, 3.05) is 32.6 Å². The highest BCUT2D eigenvalue weighted by atomic mass is 32.2. The average Bonchev–Trinajstić information content (AvgIpc) is 2.45. The zero-order valence-corrected chi connectivity index (χ0v) is 13.0. The molecule has 1 aliphatic heterocycles. The molecule has 0 aromatic rings. The number of amides is 1. The van der Waals surface area contributed by atoms with Crippen molar-refractivity contribution in [3.05, 3.63) is 0 Å². The summed E-state index contributed by atoms with van der Waals surface area (Å²) in [5.41, 5.74) is 5.74. The van der Waals surface area contributed by atoms with Crippen LogP contribution < -0.4 is 11.1 Å². The molecule has 0 aromatic carbocycles. The first kappa shape index (κ1) is 17.4. The molecule has 8 heteroatoms. The number of nitrogens with zero attached hydrogens (tertiary/aromatic N) is 1. The van der Waals surface area contributed by atoms with Crippen molar-refractivity contribution in [3.63, 3.8) is 0 Å². The van der Waals surface area contributed by atoms with Crippen molar-refractivity contribution < 1.29 is 17.9 Å². The lowest BCUT2D eigenvalue weighted by Gasteiger charge is -2.31. The van der Waals surface area contributed by atoms with Crippen LogP contribution in [0.4, 0.5) is 0 Å². The highest BCUT2D eigenvalue weighted by molar-refractivity contribution is 7.89. The maximum absolute atomic E-state index is 11.8. The molecule has 1 saturated heterocycles. The van der Waals surface area contributed by atoms with Gasteiger partial charge in [0, 0.05) is 32.8 Å². The summed E-state index contributed by atoms with van der Waals surface area (Å²) in [6.45, 7) is 2.99. The molecule has 0 bridgehead atoms. The average molecular weight is 307 g/mol. The van der Waals surface area contributed by atoms with Crippen molar-refractivity contribution in [2.45, 2.75) is 38.3 Å². The van der Waals surface area contributed by atoms with E-state index < -0.39 is 16.1 Å². The minimum Gasteiger partial charge on any atom is -0.385 e. The standard InChI is InChI=1S/C12H25N3O4S/c1-3-20(17,18)15-7-4-10(5-8-15)14-12(16)11(13)6-9-19-2/h10-11H,3-9,13H2,1-2H3,(H,14,16). The molecule has 1 unspecified atom stereocenters. The van der Waals surface area contributed by atoms with Gasteiger partial charge in [0.1, 0.15) is 0 Å². The van der Waals surface area contributed by atoms with Gasteiger partial charge in [0.15, 0.2) is 0 Å². The molecule has 118 valence electrons. The Morgan fingerprint density at radius 3 is 2.55 bits per heavy atom. The minimum absolute atomic E-state index is 0.000555. The number of methoxy groups -OCH3 is 1. The van der Waals surface area contributed by atoms with E-state index in [2.05, 4.69) is 5.32 Å². The van der Waals surface area contributed by atoms with E-state index in [-0.39, 0.29) is 17.7 Å². The Morgan fingerprint density at radius 2 is 2.05 bits per heavy atom. The molecule has 1 atom stereocenters. The van der Waals surface area contributed by atoms with Gasteiger partial charge in [-0.1, -0.05) is 0 Å². The predicted octanol–water partition coefficient (Wildman–Crippen LogP) is -0.719. The number of rotatable bonds is 7. The summed E-state index contributed by atoms with van der Waals surface area (Å²) < 4.78 is 29.8. The molecule has 1 rings (SSSR count). The van der Waals surface area contributed by atoms with Crippen LogP contribution in [0.15, 0.2) is 0 Å². The zero-order chi connectivity index (χ0) is 15.2. The minimum atomic E-state index is -3.12. The second-order valence-corrected chi connectivity index (χ2v) is 7.23. The summed E-state index contributed by atoms with van der Waals surface area (Å²) in [7, 11) is -1.56. The Labute approximate surface area is 120 Å². The third-order valence-electron chi connectivity index (χ3n) is 3.53. The van der Waals surface area contributed by atoms with Gasteiger partial charge in [-0.05, 0) is 26.2 Å². The maximum Gasteiger partial charge on any atom is 0.237 e. The quantitative estimate of drug-likeness (QED) is 0.646. The normalized spacial score (nSPS) is 19.8. The number of piperidine rings is 1. The van der Waals surface area contributed by atoms with E-state index in [9.17, 15) is 13.2 Å². The van der Waals surface area contributed by atoms with Crippen LogP contribution in [0.2, 0.25) is 0 Å². The highest BCUT2D eigenvalue weighted by Crippen LogP contribution is 2.14. The third kappa shape index (κ3) is 5.01. The van der Waals surface area contributed by atoms with Crippen LogP contribution in [0.25, 0.3) is 0 Å². The van der Waals surface area contributed by atoms with Gasteiger partial charge in [0.05, 0.1) is 11.8 Å². The fourth-order valence-corrected chi connectivity index (χ4v) is 3.28. The van der Waals surface area contributed by atoms with Crippen LogP contribution in [-0.2, 0) is 19.6 Å². The third-order valence-corrected chi connectivity index (χ3v) is 5.41. The van der Waals surface area contributed by atoms with Crippen LogP contribution in [0.1, 0.15) is 26.2 Å². The van der Waals surface area contributed by atoms with Crippen molar-refractivity contribution in [1.29, 1.82) is 0 Å². The molecule has 0 aliphatic carbocycles. The van der Waals surface area contributed by atoms with Crippen LogP contribution in [0.5, 0.6) is 0 Å². The number of carbonyl (C=O) groups excluding carboxylic acids is 1. The van der Waals surface area contributed by atoms with Gasteiger partial charge in [-0.15, -0.1) is 0 Å². The number of hydrogen-bond acceptors (Lipinski definition) is 5. The van der Waals surface area contributed by atoms with Crippen molar-refractivity contribution in [2.24, 2.45) is 5.73 Å². The van der Waals surface area contributed by atoms with Gasteiger partial charge < -0.3 is 15.8 Å². The van der Waals surface area contributed by atoms with E-state index in [1.807, 2.05) is 0 Å².